The largest absolute Gasteiger partial charge is 0.472 e. The molecule has 2 unspecified atom stereocenters. The zero-order valence-electron chi connectivity index (χ0n) is 66.2. The molecule has 17 nitrogen and oxygen atoms in total. The number of carbonyl (C=O) groups is 4. The molecule has 0 saturated heterocycles. The van der Waals surface area contributed by atoms with Crippen molar-refractivity contribution in [2.24, 2.45) is 11.8 Å². The smallest absolute Gasteiger partial charge is 0.462 e. The van der Waals surface area contributed by atoms with Crippen LogP contribution in [0.2, 0.25) is 0 Å². The lowest BCUT2D eigenvalue weighted by Crippen LogP contribution is -2.30. The van der Waals surface area contributed by atoms with E-state index in [4.69, 9.17) is 37.0 Å². The fourth-order valence-corrected chi connectivity index (χ4v) is 14.3. The minimum absolute atomic E-state index is 0.108. The van der Waals surface area contributed by atoms with Crippen molar-refractivity contribution in [3.05, 3.63) is 0 Å². The molecule has 0 bridgehead atoms. The van der Waals surface area contributed by atoms with E-state index < -0.39 is 97.5 Å². The van der Waals surface area contributed by atoms with E-state index in [-0.39, 0.29) is 25.7 Å². The topological polar surface area (TPSA) is 237 Å². The summed E-state index contributed by atoms with van der Waals surface area (Å²) in [7, 11) is -9.92. The molecule has 0 rings (SSSR count). The van der Waals surface area contributed by atoms with Gasteiger partial charge in [-0.2, -0.15) is 0 Å². The highest BCUT2D eigenvalue weighted by molar-refractivity contribution is 7.47. The maximum Gasteiger partial charge on any atom is 0.472 e. The van der Waals surface area contributed by atoms with E-state index in [0.29, 0.717) is 25.7 Å². The zero-order valence-corrected chi connectivity index (χ0v) is 68.0. The fourth-order valence-electron chi connectivity index (χ4n) is 12.7. The first-order valence-electron chi connectivity index (χ1n) is 42.5. The van der Waals surface area contributed by atoms with Crippen molar-refractivity contribution in [3.63, 3.8) is 0 Å². The molecular formula is C82H160O17P2. The quantitative estimate of drug-likeness (QED) is 0.0222. The minimum Gasteiger partial charge on any atom is -0.462 e. The molecule has 101 heavy (non-hydrogen) atoms. The molecule has 0 amide bonds. The van der Waals surface area contributed by atoms with Crippen LogP contribution in [0.5, 0.6) is 0 Å². The standard InChI is InChI=1S/C82H160O17P2/c1-7-9-11-13-15-17-19-20-21-24-31-36-42-48-54-60-66-81(86)98-77(70-92-79(84)64-58-52-46-40-18-16-14-12-10-8-2)72-96-100(88,89)94-68-76(83)69-95-101(90,91)97-73-78(71-93-80(85)65-59-53-47-41-35-30-27-26-29-34-39-45-51-57-63-75(5)6)99-82(87)67-61-55-49-43-37-32-25-22-23-28-33-38-44-50-56-62-74(3)4/h74-78,83H,7-73H2,1-6H3,(H,88,89)(H,90,91)/t76-,77+,78+/m0/s1. The number of ether oxygens (including phenoxy) is 4. The predicted octanol–water partition coefficient (Wildman–Crippen LogP) is 24.7. The van der Waals surface area contributed by atoms with E-state index in [1.54, 1.807) is 0 Å². The second kappa shape index (κ2) is 73.6. The van der Waals surface area contributed by atoms with Crippen LogP contribution in [0.3, 0.4) is 0 Å². The molecule has 0 aromatic heterocycles. The third-order valence-corrected chi connectivity index (χ3v) is 21.1. The number of rotatable bonds is 81. The lowest BCUT2D eigenvalue weighted by molar-refractivity contribution is -0.161. The van der Waals surface area contributed by atoms with Crippen LogP contribution >= 0.6 is 15.6 Å². The van der Waals surface area contributed by atoms with E-state index in [9.17, 15) is 43.2 Å². The van der Waals surface area contributed by atoms with Crippen molar-refractivity contribution < 1.29 is 80.2 Å². The molecule has 0 aliphatic carbocycles. The van der Waals surface area contributed by atoms with Gasteiger partial charge in [0.2, 0.25) is 0 Å². The summed E-state index contributed by atoms with van der Waals surface area (Å²) in [5.74, 6) is -0.504. The van der Waals surface area contributed by atoms with Crippen LogP contribution in [-0.4, -0.2) is 96.7 Å². The van der Waals surface area contributed by atoms with Gasteiger partial charge in [0.1, 0.15) is 19.3 Å². The van der Waals surface area contributed by atoms with Gasteiger partial charge in [-0.05, 0) is 37.5 Å². The lowest BCUT2D eigenvalue weighted by Gasteiger charge is -2.21. The monoisotopic (exact) mass is 1480 g/mol. The predicted molar refractivity (Wildman–Crippen MR) is 414 cm³/mol. The van der Waals surface area contributed by atoms with Crippen molar-refractivity contribution in [2.45, 2.75) is 452 Å². The average Bonchev–Trinajstić information content (AvgIpc) is 0.957. The number of hydrogen-bond acceptors (Lipinski definition) is 15. The Bertz CT molecular complexity index is 1940. The summed E-state index contributed by atoms with van der Waals surface area (Å²) in [6, 6.07) is 0. The van der Waals surface area contributed by atoms with Crippen LogP contribution in [0.25, 0.3) is 0 Å². The summed E-state index contributed by atoms with van der Waals surface area (Å²) in [5, 5.41) is 10.6. The van der Waals surface area contributed by atoms with E-state index in [1.807, 2.05) is 0 Å². The normalized spacial score (nSPS) is 13.9. The number of aliphatic hydroxyl groups excluding tert-OH is 1. The Morgan fingerprint density at radius 1 is 0.267 bits per heavy atom. The molecular weight excluding hydrogens is 1320 g/mol. The molecule has 600 valence electrons. The van der Waals surface area contributed by atoms with E-state index in [2.05, 4.69) is 41.5 Å². The van der Waals surface area contributed by atoms with Gasteiger partial charge in [0.25, 0.3) is 0 Å². The first kappa shape index (κ1) is 99.1. The Morgan fingerprint density at radius 3 is 0.673 bits per heavy atom. The summed E-state index contributed by atoms with van der Waals surface area (Å²) in [6.45, 7) is 9.69. The first-order chi connectivity index (χ1) is 48.9. The van der Waals surface area contributed by atoms with Gasteiger partial charge >= 0.3 is 39.5 Å². The third-order valence-electron chi connectivity index (χ3n) is 19.2. The van der Waals surface area contributed by atoms with Crippen LogP contribution < -0.4 is 0 Å². The van der Waals surface area contributed by atoms with E-state index >= 15 is 0 Å². The summed E-state index contributed by atoms with van der Waals surface area (Å²) in [6.07, 6.45) is 63.7. The van der Waals surface area contributed by atoms with Crippen molar-refractivity contribution in [3.8, 4) is 0 Å². The van der Waals surface area contributed by atoms with E-state index in [0.717, 1.165) is 102 Å². The Kier molecular flexibility index (Phi) is 72.2. The van der Waals surface area contributed by atoms with Crippen molar-refractivity contribution >= 4 is 39.5 Å². The Balaban J connectivity index is 5.24. The van der Waals surface area contributed by atoms with Gasteiger partial charge in [-0.3, -0.25) is 37.3 Å². The Hall–Kier alpha value is -1.94. The van der Waals surface area contributed by atoms with Crippen LogP contribution in [0.4, 0.5) is 0 Å². The molecule has 0 saturated carbocycles. The average molecular weight is 1480 g/mol. The minimum atomic E-state index is -4.96. The van der Waals surface area contributed by atoms with Gasteiger partial charge < -0.3 is 33.8 Å². The van der Waals surface area contributed by atoms with Crippen LogP contribution in [0.15, 0.2) is 0 Å². The molecule has 0 aliphatic rings. The first-order valence-corrected chi connectivity index (χ1v) is 45.5. The molecule has 0 radical (unpaired) electrons. The second-order valence-electron chi connectivity index (χ2n) is 30.5. The number of phosphoric ester groups is 2. The summed E-state index contributed by atoms with van der Waals surface area (Å²) in [5.41, 5.74) is 0. The highest BCUT2D eigenvalue weighted by Gasteiger charge is 2.30. The maximum absolute atomic E-state index is 13.1. The molecule has 3 N–H and O–H groups in total. The lowest BCUT2D eigenvalue weighted by atomic mass is 10.0. The summed E-state index contributed by atoms with van der Waals surface area (Å²) >= 11 is 0. The van der Waals surface area contributed by atoms with Crippen molar-refractivity contribution in [1.82, 2.24) is 0 Å². The number of carbonyl (C=O) groups excluding carboxylic acids is 4. The highest BCUT2D eigenvalue weighted by atomic mass is 31.2. The van der Waals surface area contributed by atoms with Crippen molar-refractivity contribution in [2.75, 3.05) is 39.6 Å². The number of hydrogen-bond donors (Lipinski definition) is 3. The van der Waals surface area contributed by atoms with Crippen LogP contribution in [-0.2, 0) is 65.4 Å². The second-order valence-corrected chi connectivity index (χ2v) is 33.4. The Morgan fingerprint density at radius 2 is 0.455 bits per heavy atom. The summed E-state index contributed by atoms with van der Waals surface area (Å²) in [4.78, 5) is 73.1. The van der Waals surface area contributed by atoms with Crippen LogP contribution in [0, 0.1) is 11.8 Å². The number of esters is 4. The molecule has 19 heteroatoms. The number of phosphoric acid groups is 2. The van der Waals surface area contributed by atoms with Gasteiger partial charge in [-0.15, -0.1) is 0 Å². The van der Waals surface area contributed by atoms with Crippen molar-refractivity contribution in [1.29, 1.82) is 0 Å². The zero-order chi connectivity index (χ0) is 74.2. The molecule has 0 aromatic rings. The maximum atomic E-state index is 13.1. The van der Waals surface area contributed by atoms with Gasteiger partial charge in [0.05, 0.1) is 26.4 Å². The van der Waals surface area contributed by atoms with Gasteiger partial charge in [-0.25, -0.2) is 9.13 Å². The molecule has 0 heterocycles. The number of unbranched alkanes of at least 4 members (excludes halogenated alkanes) is 51. The van der Waals surface area contributed by atoms with Gasteiger partial charge in [0, 0.05) is 25.7 Å². The SMILES string of the molecule is CCCCCCCCCCCCCCCCCCC(=O)O[C@H](COC(=O)CCCCCCCCCCCC)COP(=O)(O)OC[C@H](O)COP(=O)(O)OC[C@@H](COC(=O)CCCCCCCCCCCCCCCCC(C)C)OC(=O)CCCCCCCCCCCCCCCCCC(C)C. The molecule has 0 aliphatic heterocycles. The van der Waals surface area contributed by atoms with E-state index in [1.165, 1.54) is 250 Å². The molecule has 5 atom stereocenters. The highest BCUT2D eigenvalue weighted by Crippen LogP contribution is 2.45. The molecule has 0 fully saturated rings. The van der Waals surface area contributed by atoms with Gasteiger partial charge in [0.15, 0.2) is 12.2 Å². The number of aliphatic hydroxyl groups is 1. The molecule has 0 spiro atoms. The molecule has 0 aromatic carbocycles. The summed E-state index contributed by atoms with van der Waals surface area (Å²) < 4.78 is 68.8. The third kappa shape index (κ3) is 76.1. The van der Waals surface area contributed by atoms with Gasteiger partial charge in [-0.1, -0.05) is 382 Å². The fraction of sp³-hybridized carbons (Fsp3) is 0.951. The Labute approximate surface area is 619 Å². The van der Waals surface area contributed by atoms with Crippen LogP contribution in [0.1, 0.15) is 433 Å².